The van der Waals surface area contributed by atoms with Gasteiger partial charge in [0.2, 0.25) is 19.3 Å². The molecule has 10 atom stereocenters. The summed E-state index contributed by atoms with van der Waals surface area (Å²) >= 11 is 0. The van der Waals surface area contributed by atoms with E-state index in [2.05, 4.69) is 4.52 Å². The van der Waals surface area contributed by atoms with E-state index in [9.17, 15) is 19.6 Å². The molecular weight excluding hydrogens is 663 g/mol. The Morgan fingerprint density at radius 3 is 2.27 bits per heavy atom. The lowest BCUT2D eigenvalue weighted by atomic mass is 9.66. The summed E-state index contributed by atoms with van der Waals surface area (Å²) in [5, 5.41) is 22.1. The molecule has 262 valence electrons. The molecule has 2 aromatic carbocycles. The molecule has 4 aliphatic heterocycles. The third kappa shape index (κ3) is 5.98. The van der Waals surface area contributed by atoms with Gasteiger partial charge in [0.15, 0.2) is 35.6 Å². The molecule has 3 saturated heterocycles. The summed E-state index contributed by atoms with van der Waals surface area (Å²) in [4.78, 5) is 31.7. The summed E-state index contributed by atoms with van der Waals surface area (Å²) in [5.74, 6) is -1.42. The van der Waals surface area contributed by atoms with E-state index in [-0.39, 0.29) is 37.3 Å². The number of aliphatic hydroxyl groups excluding tert-OH is 2. The van der Waals surface area contributed by atoms with Crippen LogP contribution in [0.1, 0.15) is 35.6 Å². The molecule has 4 heterocycles. The first-order chi connectivity index (χ1) is 23.0. The number of carbonyl (C=O) groups is 1. The average Bonchev–Trinajstić information content (AvgIpc) is 3.68. The lowest BCUT2D eigenvalue weighted by molar-refractivity contribution is -0.364. The molecule has 0 radical (unpaired) electrons. The van der Waals surface area contributed by atoms with Gasteiger partial charge in [-0.25, -0.2) is 9.09 Å². The Morgan fingerprint density at radius 2 is 1.60 bits per heavy atom. The molecule has 7 unspecified atom stereocenters. The van der Waals surface area contributed by atoms with Crippen LogP contribution < -0.4 is 23.7 Å². The van der Waals surface area contributed by atoms with Gasteiger partial charge in [-0.2, -0.15) is 0 Å². The number of carbonyl (C=O) groups excluding carboxylic acids is 1. The van der Waals surface area contributed by atoms with Crippen LogP contribution in [0.15, 0.2) is 24.3 Å². The van der Waals surface area contributed by atoms with Crippen LogP contribution in [0.3, 0.4) is 0 Å². The summed E-state index contributed by atoms with van der Waals surface area (Å²) in [6.07, 6.45) is -7.14. The zero-order chi connectivity index (χ0) is 33.9. The van der Waals surface area contributed by atoms with Crippen molar-refractivity contribution in [3.63, 3.8) is 0 Å². The van der Waals surface area contributed by atoms with Crippen LogP contribution in [0, 0.1) is 11.8 Å². The van der Waals surface area contributed by atoms with E-state index in [1.165, 1.54) is 14.2 Å². The Labute approximate surface area is 273 Å². The minimum atomic E-state index is -4.82. The summed E-state index contributed by atoms with van der Waals surface area (Å²) < 4.78 is 73.0. The smallest absolute Gasteiger partial charge is 0.472 e. The van der Waals surface area contributed by atoms with E-state index in [1.807, 2.05) is 0 Å². The molecule has 17 nitrogen and oxygen atoms in total. The highest BCUT2D eigenvalue weighted by molar-refractivity contribution is 7.46. The quantitative estimate of drug-likeness (QED) is 0.164. The molecule has 2 aromatic rings. The number of aliphatic hydroxyl groups is 2. The van der Waals surface area contributed by atoms with Crippen molar-refractivity contribution < 1.29 is 81.3 Å². The highest BCUT2D eigenvalue weighted by Gasteiger charge is 2.56. The van der Waals surface area contributed by atoms with Gasteiger partial charge in [0.1, 0.15) is 24.4 Å². The lowest BCUT2D eigenvalue weighted by Gasteiger charge is -2.47. The van der Waals surface area contributed by atoms with E-state index in [0.29, 0.717) is 28.2 Å². The molecule has 0 saturated carbocycles. The Balaban J connectivity index is 1.28. The first-order valence-electron chi connectivity index (χ1n) is 15.1. The third-order valence-corrected chi connectivity index (χ3v) is 9.59. The Bertz CT molecular complexity index is 1570. The Morgan fingerprint density at radius 1 is 0.917 bits per heavy atom. The van der Waals surface area contributed by atoms with Crippen LogP contribution in [0.5, 0.6) is 28.7 Å². The van der Waals surface area contributed by atoms with E-state index in [1.54, 1.807) is 31.2 Å². The Hall–Kier alpha value is -3.22. The molecule has 0 spiro atoms. The lowest BCUT2D eigenvalue weighted by Crippen LogP contribution is -2.63. The van der Waals surface area contributed by atoms with Gasteiger partial charge in [0.25, 0.3) is 0 Å². The molecule has 0 amide bonds. The second kappa shape index (κ2) is 12.9. The van der Waals surface area contributed by atoms with Gasteiger partial charge < -0.3 is 67.4 Å². The molecule has 0 aromatic heterocycles. The molecule has 18 heteroatoms. The number of fused-ring (bicyclic) bond motifs is 4. The summed E-state index contributed by atoms with van der Waals surface area (Å²) in [5.41, 5.74) is 1.78. The number of phosphoric acid groups is 1. The van der Waals surface area contributed by atoms with Gasteiger partial charge in [-0.05, 0) is 47.9 Å². The predicted molar refractivity (Wildman–Crippen MR) is 155 cm³/mol. The van der Waals surface area contributed by atoms with Crippen molar-refractivity contribution in [2.45, 2.75) is 55.9 Å². The summed E-state index contributed by atoms with van der Waals surface area (Å²) in [6.45, 7) is 0.951. The number of phosphoric ester groups is 1. The maximum absolute atomic E-state index is 13.6. The number of hydrogen-bond donors (Lipinski definition) is 4. The molecule has 1 aliphatic carbocycles. The van der Waals surface area contributed by atoms with Crippen molar-refractivity contribution in [1.82, 2.24) is 0 Å². The van der Waals surface area contributed by atoms with E-state index >= 15 is 0 Å². The molecular formula is C30H35O17P. The van der Waals surface area contributed by atoms with Gasteiger partial charge in [-0.3, -0.25) is 4.79 Å². The van der Waals surface area contributed by atoms with Crippen LogP contribution in [-0.2, 0) is 37.6 Å². The van der Waals surface area contributed by atoms with Crippen LogP contribution in [0.25, 0.3) is 0 Å². The van der Waals surface area contributed by atoms with Crippen molar-refractivity contribution in [1.29, 1.82) is 0 Å². The fraction of sp³-hybridized carbons (Fsp3) is 0.567. The zero-order valence-electron chi connectivity index (χ0n) is 26.0. The molecule has 3 fully saturated rings. The van der Waals surface area contributed by atoms with Crippen LogP contribution in [0.2, 0.25) is 0 Å². The first kappa shape index (κ1) is 33.3. The summed E-state index contributed by atoms with van der Waals surface area (Å²) in [7, 11) is -2.08. The highest BCUT2D eigenvalue weighted by atomic mass is 31.2. The van der Waals surface area contributed by atoms with Gasteiger partial charge >= 0.3 is 13.8 Å². The number of benzene rings is 2. The number of methoxy groups -OCH3 is 2. The third-order valence-electron chi connectivity index (χ3n) is 9.15. The van der Waals surface area contributed by atoms with Gasteiger partial charge in [0.05, 0.1) is 39.5 Å². The molecule has 4 N–H and O–H groups in total. The van der Waals surface area contributed by atoms with Crippen molar-refractivity contribution in [3.8, 4) is 28.7 Å². The van der Waals surface area contributed by atoms with Crippen molar-refractivity contribution >= 4 is 13.8 Å². The molecule has 5 aliphatic rings. The van der Waals surface area contributed by atoms with Gasteiger partial charge in [-0.1, -0.05) is 0 Å². The maximum atomic E-state index is 13.6. The van der Waals surface area contributed by atoms with Crippen LogP contribution in [0.4, 0.5) is 0 Å². The van der Waals surface area contributed by atoms with Gasteiger partial charge in [0, 0.05) is 11.8 Å². The number of hydrogen-bond acceptors (Lipinski definition) is 15. The highest BCUT2D eigenvalue weighted by Crippen LogP contribution is 2.57. The minimum absolute atomic E-state index is 0.0102. The monoisotopic (exact) mass is 698 g/mol. The Kier molecular flexibility index (Phi) is 8.95. The van der Waals surface area contributed by atoms with Crippen molar-refractivity contribution in [2.75, 3.05) is 41.0 Å². The number of ether oxygens (including phenoxy) is 10. The number of esters is 1. The fourth-order valence-corrected chi connectivity index (χ4v) is 7.21. The largest absolute Gasteiger partial charge is 0.493 e. The van der Waals surface area contributed by atoms with E-state index in [4.69, 9.17) is 57.2 Å². The van der Waals surface area contributed by atoms with E-state index in [0.717, 1.165) is 0 Å². The van der Waals surface area contributed by atoms with Crippen LogP contribution in [-0.4, -0.2) is 104 Å². The van der Waals surface area contributed by atoms with Gasteiger partial charge in [-0.15, -0.1) is 0 Å². The second-order valence-corrected chi connectivity index (χ2v) is 13.1. The second-order valence-electron chi connectivity index (χ2n) is 11.9. The molecule has 7 rings (SSSR count). The number of cyclic esters (lactones) is 1. The fourth-order valence-electron chi connectivity index (χ4n) is 7.02. The minimum Gasteiger partial charge on any atom is -0.493 e. The molecule has 48 heavy (non-hydrogen) atoms. The van der Waals surface area contributed by atoms with Crippen LogP contribution >= 0.6 is 7.82 Å². The van der Waals surface area contributed by atoms with Crippen molar-refractivity contribution in [3.05, 3.63) is 41.0 Å². The van der Waals surface area contributed by atoms with E-state index < -0.39 is 81.4 Å². The SMILES string of the molecule is COc1cc(C2c3cc4c(cc3C(OC3O[C@@H]5COC(C)OC5C(O)C3O)[C@H]3COC(=O)[C@H]23)OCO4)cc(OC)c1OCOP(=O)(O)O. The summed E-state index contributed by atoms with van der Waals surface area (Å²) in [6, 6.07) is 6.74. The molecule has 0 bridgehead atoms. The normalized spacial score (nSPS) is 33.7. The zero-order valence-corrected chi connectivity index (χ0v) is 26.8. The van der Waals surface area contributed by atoms with Crippen molar-refractivity contribution in [2.24, 2.45) is 11.8 Å². The topological polar surface area (TPSA) is 217 Å². The maximum Gasteiger partial charge on any atom is 0.472 e. The first-order valence-corrected chi connectivity index (χ1v) is 16.6. The standard InChI is InChI=1S/C30H35O17P/c1-12-39-9-21-28(45-12)24(31)25(32)30(46-21)47-26-15-7-18-17(41-10-42-18)6-14(15)22(23-16(26)8-40-29(23)33)13-4-19(37-2)27(20(5-13)38-3)43-11-44-48(34,35)36/h4-7,12,16,21-26,28,30-32H,8-11H2,1-3H3,(H2,34,35,36)/t12?,16-,21+,22?,23-,24?,25?,26?,28?,30?/m0/s1. The number of rotatable bonds is 9. The predicted octanol–water partition coefficient (Wildman–Crippen LogP) is 1.08. The average molecular weight is 699 g/mol.